The predicted octanol–water partition coefficient (Wildman–Crippen LogP) is 2.63. The molecule has 4 nitrogen and oxygen atoms in total. The molecule has 1 aliphatic rings. The fraction of sp³-hybridized carbons (Fsp3) is 0.188. The summed E-state index contributed by atoms with van der Waals surface area (Å²) in [4.78, 5) is 0. The molecule has 0 saturated heterocycles. The summed E-state index contributed by atoms with van der Waals surface area (Å²) in [5.41, 5.74) is 2.19. The summed E-state index contributed by atoms with van der Waals surface area (Å²) in [7, 11) is 1.49. The highest BCUT2D eigenvalue weighted by atomic mass is 19.4. The van der Waals surface area contributed by atoms with Gasteiger partial charge in [0.05, 0.1) is 12.3 Å². The van der Waals surface area contributed by atoms with Gasteiger partial charge in [0.2, 0.25) is 0 Å². The smallest absolute Gasteiger partial charge is 0.478 e. The molecule has 3 rings (SSSR count). The summed E-state index contributed by atoms with van der Waals surface area (Å²) >= 11 is 0. The van der Waals surface area contributed by atoms with Gasteiger partial charge in [-0.1, -0.05) is 18.2 Å². The zero-order valence-corrected chi connectivity index (χ0v) is 12.1. The number of nitrogens with zero attached hydrogens (tertiary/aromatic N) is 1. The molecule has 0 bridgehead atoms. The first kappa shape index (κ1) is 15.2. The van der Waals surface area contributed by atoms with Crippen LogP contribution in [0.25, 0.3) is 17.7 Å². The van der Waals surface area contributed by atoms with E-state index in [4.69, 9.17) is 9.26 Å². The first-order chi connectivity index (χ1) is 11.0. The van der Waals surface area contributed by atoms with Crippen molar-refractivity contribution in [3.63, 3.8) is 0 Å². The van der Waals surface area contributed by atoms with E-state index in [9.17, 15) is 13.2 Å². The van der Waals surface area contributed by atoms with Crippen LogP contribution in [0.5, 0.6) is 11.6 Å². The Balaban J connectivity index is 1.94. The van der Waals surface area contributed by atoms with E-state index in [1.54, 1.807) is 12.1 Å². The fourth-order valence-corrected chi connectivity index (χ4v) is 2.28. The molecule has 0 spiro atoms. The van der Waals surface area contributed by atoms with Gasteiger partial charge in [0.1, 0.15) is 5.75 Å². The van der Waals surface area contributed by atoms with E-state index < -0.39 is 6.36 Å². The molecule has 7 heteroatoms. The van der Waals surface area contributed by atoms with Gasteiger partial charge in [-0.05, 0) is 47.0 Å². The van der Waals surface area contributed by atoms with E-state index in [2.05, 4.69) is 9.89 Å². The van der Waals surface area contributed by atoms with Crippen LogP contribution in [0, 0.1) is 0 Å². The van der Waals surface area contributed by atoms with E-state index in [1.165, 1.54) is 19.2 Å². The molecule has 0 N–H and O–H groups in total. The van der Waals surface area contributed by atoms with E-state index in [-0.39, 0.29) is 5.75 Å². The molecule has 1 aromatic heterocycles. The molecule has 1 heterocycles. The van der Waals surface area contributed by atoms with Crippen molar-refractivity contribution in [3.8, 4) is 11.6 Å². The lowest BCUT2D eigenvalue weighted by molar-refractivity contribution is -0.274. The maximum Gasteiger partial charge on any atom is 0.573 e. The molecule has 2 aromatic rings. The molecule has 0 unspecified atom stereocenters. The van der Waals surface area contributed by atoms with Crippen LogP contribution in [-0.4, -0.2) is 18.6 Å². The van der Waals surface area contributed by atoms with Crippen molar-refractivity contribution in [2.24, 2.45) is 0 Å². The summed E-state index contributed by atoms with van der Waals surface area (Å²) in [6.45, 7) is 0. The van der Waals surface area contributed by atoms with Gasteiger partial charge >= 0.3 is 6.36 Å². The Morgan fingerprint density at radius 2 is 1.87 bits per heavy atom. The van der Waals surface area contributed by atoms with Crippen molar-refractivity contribution >= 4 is 17.7 Å². The largest absolute Gasteiger partial charge is 0.573 e. The third-order valence-corrected chi connectivity index (χ3v) is 3.28. The number of rotatable bonds is 3. The van der Waals surface area contributed by atoms with Crippen molar-refractivity contribution < 1.29 is 27.2 Å². The van der Waals surface area contributed by atoms with Crippen LogP contribution >= 0.6 is 0 Å². The molecule has 0 radical (unpaired) electrons. The second kappa shape index (κ2) is 5.83. The molecule has 0 amide bonds. The number of aromatic nitrogens is 1. The van der Waals surface area contributed by atoms with E-state index in [0.29, 0.717) is 22.9 Å². The maximum atomic E-state index is 12.2. The number of alkyl halides is 3. The molecule has 1 aliphatic carbocycles. The summed E-state index contributed by atoms with van der Waals surface area (Å²) in [6.07, 6.45) is 1.53. The SMILES string of the molecule is COc1noc2c1=CC(c1ccc(OC(F)(F)F)cc1)=CCC=2. The average Bonchev–Trinajstić information content (AvgIpc) is 2.75. The third kappa shape index (κ3) is 3.39. The van der Waals surface area contributed by atoms with Gasteiger partial charge in [-0.25, -0.2) is 0 Å². The Bertz CT molecular complexity index is 848. The van der Waals surface area contributed by atoms with Crippen molar-refractivity contribution in [2.75, 3.05) is 7.11 Å². The first-order valence-corrected chi connectivity index (χ1v) is 6.74. The van der Waals surface area contributed by atoms with Crippen LogP contribution in [0.3, 0.4) is 0 Å². The molecule has 0 aliphatic heterocycles. The fourth-order valence-electron chi connectivity index (χ4n) is 2.28. The summed E-state index contributed by atoms with van der Waals surface area (Å²) in [6, 6.07) is 5.68. The second-order valence-electron chi connectivity index (χ2n) is 4.79. The molecular formula is C16H12F3NO3. The van der Waals surface area contributed by atoms with Gasteiger partial charge in [-0.2, -0.15) is 0 Å². The van der Waals surface area contributed by atoms with Crippen molar-refractivity contribution in [3.05, 3.63) is 46.5 Å². The van der Waals surface area contributed by atoms with E-state index >= 15 is 0 Å². The number of fused-ring (bicyclic) bond motifs is 1. The Morgan fingerprint density at radius 3 is 2.52 bits per heavy atom. The normalized spacial score (nSPS) is 14.0. The maximum absolute atomic E-state index is 12.2. The molecule has 120 valence electrons. The van der Waals surface area contributed by atoms with Gasteiger partial charge in [0.25, 0.3) is 5.88 Å². The predicted molar refractivity (Wildman–Crippen MR) is 77.0 cm³/mol. The third-order valence-electron chi connectivity index (χ3n) is 3.28. The zero-order valence-electron chi connectivity index (χ0n) is 12.1. The summed E-state index contributed by atoms with van der Waals surface area (Å²) < 4.78 is 50.7. The van der Waals surface area contributed by atoms with Gasteiger partial charge in [0, 0.05) is 0 Å². The number of methoxy groups -OCH3 is 1. The minimum Gasteiger partial charge on any atom is -0.478 e. The van der Waals surface area contributed by atoms with Crippen LogP contribution in [-0.2, 0) is 0 Å². The second-order valence-corrected chi connectivity index (χ2v) is 4.79. The molecule has 0 atom stereocenters. The Kier molecular flexibility index (Phi) is 3.85. The van der Waals surface area contributed by atoms with E-state index in [1.807, 2.05) is 18.2 Å². The minimum atomic E-state index is -4.70. The number of benzene rings is 1. The van der Waals surface area contributed by atoms with Crippen molar-refractivity contribution in [1.82, 2.24) is 5.16 Å². The highest BCUT2D eigenvalue weighted by Crippen LogP contribution is 2.25. The van der Waals surface area contributed by atoms with Crippen molar-refractivity contribution in [1.29, 1.82) is 0 Å². The topological polar surface area (TPSA) is 44.5 Å². The Labute approximate surface area is 129 Å². The van der Waals surface area contributed by atoms with Crippen LogP contribution in [0.1, 0.15) is 12.0 Å². The minimum absolute atomic E-state index is 0.259. The Hall–Kier alpha value is -2.70. The number of hydrogen-bond acceptors (Lipinski definition) is 4. The first-order valence-electron chi connectivity index (χ1n) is 6.74. The van der Waals surface area contributed by atoms with Crippen molar-refractivity contribution in [2.45, 2.75) is 12.8 Å². The van der Waals surface area contributed by atoms with Gasteiger partial charge < -0.3 is 14.0 Å². The number of ether oxygens (including phenoxy) is 2. The zero-order chi connectivity index (χ0) is 16.4. The standard InChI is InChI=1S/C16H12F3NO3/c1-21-15-13-9-11(3-2-4-14(13)23-20-15)10-5-7-12(8-6-10)22-16(17,18)19/h3-9H,2H2,1H3. The molecule has 1 aromatic carbocycles. The molecule has 0 saturated carbocycles. The summed E-state index contributed by atoms with van der Waals surface area (Å²) in [5, 5.41) is 4.51. The van der Waals surface area contributed by atoms with E-state index in [0.717, 1.165) is 11.1 Å². The van der Waals surface area contributed by atoms with Crippen LogP contribution in [0.2, 0.25) is 0 Å². The van der Waals surface area contributed by atoms with Gasteiger partial charge in [0.15, 0.2) is 5.42 Å². The average molecular weight is 323 g/mol. The van der Waals surface area contributed by atoms with Crippen LogP contribution < -0.4 is 20.1 Å². The Morgan fingerprint density at radius 1 is 1.13 bits per heavy atom. The van der Waals surface area contributed by atoms with Crippen LogP contribution in [0.4, 0.5) is 13.2 Å². The number of allylic oxidation sites excluding steroid dienone is 2. The van der Waals surface area contributed by atoms with Gasteiger partial charge in [-0.15, -0.1) is 13.2 Å². The lowest BCUT2D eigenvalue weighted by Gasteiger charge is -2.09. The monoisotopic (exact) mass is 323 g/mol. The lowest BCUT2D eigenvalue weighted by atomic mass is 10.0. The number of hydrogen-bond donors (Lipinski definition) is 0. The molecular weight excluding hydrogens is 311 g/mol. The van der Waals surface area contributed by atoms with Crippen LogP contribution in [0.15, 0.2) is 34.9 Å². The quantitative estimate of drug-likeness (QED) is 0.871. The number of halogens is 3. The molecule has 0 fully saturated rings. The molecule has 23 heavy (non-hydrogen) atoms. The highest BCUT2D eigenvalue weighted by Gasteiger charge is 2.30. The summed E-state index contributed by atoms with van der Waals surface area (Å²) in [5.74, 6) is 0.103. The highest BCUT2D eigenvalue weighted by molar-refractivity contribution is 5.89. The van der Waals surface area contributed by atoms with Gasteiger partial charge in [-0.3, -0.25) is 0 Å². The lowest BCUT2D eigenvalue weighted by Crippen LogP contribution is -2.20.